The number of anilines is 2. The molecule has 3 nitrogen and oxygen atoms in total. The minimum atomic E-state index is -4.47. The normalized spacial score (nSPS) is 17.2. The molecule has 3 rings (SSSR count). The Labute approximate surface area is 167 Å². The van der Waals surface area contributed by atoms with E-state index in [1.54, 1.807) is 26.0 Å². The van der Waals surface area contributed by atoms with Crippen molar-refractivity contribution >= 4 is 57.2 Å². The summed E-state index contributed by atoms with van der Waals surface area (Å²) in [5, 5.41) is 0.153. The molecule has 2 aromatic carbocycles. The van der Waals surface area contributed by atoms with E-state index in [1.165, 1.54) is 21.9 Å². The van der Waals surface area contributed by atoms with Gasteiger partial charge in [-0.05, 0) is 91.1 Å². The molecule has 0 unspecified atom stereocenters. The Bertz CT molecular complexity index is 881. The maximum atomic E-state index is 13.1. The molecule has 26 heavy (non-hydrogen) atoms. The van der Waals surface area contributed by atoms with Gasteiger partial charge in [0.2, 0.25) is 0 Å². The van der Waals surface area contributed by atoms with Crippen molar-refractivity contribution in [3.05, 3.63) is 57.7 Å². The summed E-state index contributed by atoms with van der Waals surface area (Å²) in [5.74, 6) is -0.291. The summed E-state index contributed by atoms with van der Waals surface area (Å²) < 4.78 is 40.2. The second-order valence-corrected chi connectivity index (χ2v) is 7.95. The first kappa shape index (κ1) is 19.1. The lowest BCUT2D eigenvalue weighted by Gasteiger charge is -2.29. The van der Waals surface area contributed by atoms with Crippen molar-refractivity contribution in [3.63, 3.8) is 0 Å². The molecule has 0 N–H and O–H groups in total. The van der Waals surface area contributed by atoms with Crippen LogP contribution in [0, 0.1) is 3.57 Å². The zero-order valence-corrected chi connectivity index (χ0v) is 16.8. The molecular formula is C18H14F3IN2OS. The Morgan fingerprint density at radius 3 is 2.23 bits per heavy atom. The molecule has 0 aromatic heterocycles. The molecule has 0 radical (unpaired) electrons. The second kappa shape index (κ2) is 6.49. The molecule has 0 saturated carbocycles. The average molecular weight is 490 g/mol. The van der Waals surface area contributed by atoms with Crippen LogP contribution in [0.5, 0.6) is 0 Å². The van der Waals surface area contributed by atoms with Crippen LogP contribution >= 0.6 is 34.8 Å². The Morgan fingerprint density at radius 1 is 1.04 bits per heavy atom. The van der Waals surface area contributed by atoms with Crippen LogP contribution < -0.4 is 9.80 Å². The van der Waals surface area contributed by atoms with E-state index >= 15 is 0 Å². The smallest absolute Gasteiger partial charge is 0.304 e. The van der Waals surface area contributed by atoms with Gasteiger partial charge in [-0.3, -0.25) is 9.69 Å². The minimum absolute atomic E-state index is 0.153. The van der Waals surface area contributed by atoms with Crippen LogP contribution in [-0.4, -0.2) is 16.6 Å². The Balaban J connectivity index is 2.07. The lowest BCUT2D eigenvalue weighted by molar-refractivity contribution is -0.137. The standard InChI is InChI=1S/C18H14F3IN2OS/c1-17(2)15(25)23(13-8-6-12(22)7-9-13)16(26)24(17)14-5-3-4-11(10-14)18(19,20)21/h3-10H,1-2H3. The van der Waals surface area contributed by atoms with E-state index in [4.69, 9.17) is 12.2 Å². The van der Waals surface area contributed by atoms with Crippen LogP contribution in [0.15, 0.2) is 48.5 Å². The molecule has 0 spiro atoms. The fraction of sp³-hybridized carbons (Fsp3) is 0.222. The van der Waals surface area contributed by atoms with Crippen LogP contribution in [0.3, 0.4) is 0 Å². The molecule has 1 fully saturated rings. The molecule has 1 saturated heterocycles. The quantitative estimate of drug-likeness (QED) is 0.426. The first-order valence-electron chi connectivity index (χ1n) is 7.65. The molecule has 0 atom stereocenters. The molecule has 1 amide bonds. The van der Waals surface area contributed by atoms with E-state index in [0.717, 1.165) is 15.7 Å². The molecule has 0 aliphatic carbocycles. The van der Waals surface area contributed by atoms with Gasteiger partial charge in [-0.15, -0.1) is 0 Å². The topological polar surface area (TPSA) is 23.6 Å². The van der Waals surface area contributed by atoms with Crippen LogP contribution in [0.4, 0.5) is 24.5 Å². The van der Waals surface area contributed by atoms with Crippen molar-refractivity contribution in [2.75, 3.05) is 9.80 Å². The number of halogens is 4. The Hall–Kier alpha value is -1.68. The van der Waals surface area contributed by atoms with Crippen LogP contribution in [0.25, 0.3) is 0 Å². The van der Waals surface area contributed by atoms with E-state index in [9.17, 15) is 18.0 Å². The Kier molecular flexibility index (Phi) is 4.76. The molecule has 8 heteroatoms. The van der Waals surface area contributed by atoms with Gasteiger partial charge in [0.15, 0.2) is 5.11 Å². The monoisotopic (exact) mass is 490 g/mol. The van der Waals surface area contributed by atoms with Crippen molar-refractivity contribution in [1.29, 1.82) is 0 Å². The van der Waals surface area contributed by atoms with Gasteiger partial charge in [0.05, 0.1) is 11.3 Å². The number of hydrogen-bond donors (Lipinski definition) is 0. The van der Waals surface area contributed by atoms with E-state index < -0.39 is 17.3 Å². The number of nitrogens with zero attached hydrogens (tertiary/aromatic N) is 2. The largest absolute Gasteiger partial charge is 0.416 e. The summed E-state index contributed by atoms with van der Waals surface area (Å²) in [6.45, 7) is 3.29. The summed E-state index contributed by atoms with van der Waals surface area (Å²) >= 11 is 7.62. The number of alkyl halides is 3. The SMILES string of the molecule is CC1(C)C(=O)N(c2ccc(I)cc2)C(=S)N1c1cccc(C(F)(F)F)c1. The number of rotatable bonds is 2. The Morgan fingerprint density at radius 2 is 1.65 bits per heavy atom. The number of hydrogen-bond acceptors (Lipinski definition) is 2. The van der Waals surface area contributed by atoms with Crippen molar-refractivity contribution in [1.82, 2.24) is 0 Å². The zero-order valence-electron chi connectivity index (χ0n) is 13.8. The van der Waals surface area contributed by atoms with Crippen molar-refractivity contribution < 1.29 is 18.0 Å². The predicted octanol–water partition coefficient (Wildman–Crippen LogP) is 5.23. The number of carbonyl (C=O) groups is 1. The molecule has 1 aliphatic rings. The number of thiocarbonyl (C=S) groups is 1. The molecule has 2 aromatic rings. The molecule has 136 valence electrons. The van der Waals surface area contributed by atoms with Crippen molar-refractivity contribution in [3.8, 4) is 0 Å². The highest BCUT2D eigenvalue weighted by atomic mass is 127. The highest BCUT2D eigenvalue weighted by molar-refractivity contribution is 14.1. The minimum Gasteiger partial charge on any atom is -0.304 e. The van der Waals surface area contributed by atoms with E-state index in [0.29, 0.717) is 5.69 Å². The fourth-order valence-corrected chi connectivity index (χ4v) is 3.75. The third-order valence-corrected chi connectivity index (χ3v) is 5.27. The van der Waals surface area contributed by atoms with Gasteiger partial charge in [-0.2, -0.15) is 13.2 Å². The maximum absolute atomic E-state index is 13.1. The number of carbonyl (C=O) groups excluding carboxylic acids is 1. The van der Waals surface area contributed by atoms with E-state index in [-0.39, 0.29) is 16.7 Å². The van der Waals surface area contributed by atoms with Gasteiger partial charge in [-0.25, -0.2) is 0 Å². The van der Waals surface area contributed by atoms with Crippen LogP contribution in [-0.2, 0) is 11.0 Å². The van der Waals surface area contributed by atoms with E-state index in [1.807, 2.05) is 12.1 Å². The lowest BCUT2D eigenvalue weighted by atomic mass is 10.0. The van der Waals surface area contributed by atoms with Gasteiger partial charge in [0.25, 0.3) is 5.91 Å². The number of amides is 1. The molecule has 1 aliphatic heterocycles. The third-order valence-electron chi connectivity index (χ3n) is 4.18. The summed E-state index contributed by atoms with van der Waals surface area (Å²) in [6, 6.07) is 12.0. The van der Waals surface area contributed by atoms with Crippen LogP contribution in [0.1, 0.15) is 19.4 Å². The van der Waals surface area contributed by atoms with Gasteiger partial charge in [0.1, 0.15) is 5.54 Å². The van der Waals surface area contributed by atoms with Gasteiger partial charge < -0.3 is 4.90 Å². The first-order valence-corrected chi connectivity index (χ1v) is 9.14. The molecular weight excluding hydrogens is 476 g/mol. The molecule has 0 bridgehead atoms. The predicted molar refractivity (Wildman–Crippen MR) is 107 cm³/mol. The zero-order chi connectivity index (χ0) is 19.3. The fourth-order valence-electron chi connectivity index (χ4n) is 2.87. The van der Waals surface area contributed by atoms with Crippen molar-refractivity contribution in [2.24, 2.45) is 0 Å². The lowest BCUT2D eigenvalue weighted by Crippen LogP contribution is -2.44. The third kappa shape index (κ3) is 3.20. The average Bonchev–Trinajstić information content (AvgIpc) is 2.73. The number of benzene rings is 2. The molecule has 1 heterocycles. The van der Waals surface area contributed by atoms with Crippen LogP contribution in [0.2, 0.25) is 0 Å². The van der Waals surface area contributed by atoms with Gasteiger partial charge in [0, 0.05) is 9.26 Å². The van der Waals surface area contributed by atoms with E-state index in [2.05, 4.69) is 22.6 Å². The first-order chi connectivity index (χ1) is 12.0. The van der Waals surface area contributed by atoms with Gasteiger partial charge in [-0.1, -0.05) is 6.07 Å². The van der Waals surface area contributed by atoms with Gasteiger partial charge >= 0.3 is 6.18 Å². The van der Waals surface area contributed by atoms with Crippen molar-refractivity contribution in [2.45, 2.75) is 25.6 Å². The highest BCUT2D eigenvalue weighted by Crippen LogP contribution is 2.38. The highest BCUT2D eigenvalue weighted by Gasteiger charge is 2.50. The summed E-state index contributed by atoms with van der Waals surface area (Å²) in [6.07, 6.45) is -4.47. The summed E-state index contributed by atoms with van der Waals surface area (Å²) in [7, 11) is 0. The summed E-state index contributed by atoms with van der Waals surface area (Å²) in [4.78, 5) is 15.8. The summed E-state index contributed by atoms with van der Waals surface area (Å²) in [5.41, 5.74) is -1.07. The second-order valence-electron chi connectivity index (χ2n) is 6.34. The maximum Gasteiger partial charge on any atom is 0.416 e.